The number of hydrogen-bond acceptors (Lipinski definition) is 4. The van der Waals surface area contributed by atoms with Gasteiger partial charge < -0.3 is 14.2 Å². The van der Waals surface area contributed by atoms with E-state index >= 15 is 0 Å². The summed E-state index contributed by atoms with van der Waals surface area (Å²) in [7, 11) is 1.61. The van der Waals surface area contributed by atoms with Crippen molar-refractivity contribution in [1.82, 2.24) is 0 Å². The second kappa shape index (κ2) is 8.68. The van der Waals surface area contributed by atoms with Crippen molar-refractivity contribution in [2.24, 2.45) is 0 Å². The van der Waals surface area contributed by atoms with Crippen LogP contribution >= 0.6 is 0 Å². The van der Waals surface area contributed by atoms with Gasteiger partial charge in [-0.1, -0.05) is 20.3 Å². The minimum absolute atomic E-state index is 0.0659. The molecule has 0 aliphatic carbocycles. The SMILES string of the molecule is CCCC(COC(C)=O)OC(CC)OC. The second-order valence-corrected chi connectivity index (χ2v) is 3.42. The van der Waals surface area contributed by atoms with E-state index in [2.05, 4.69) is 6.92 Å². The summed E-state index contributed by atoms with van der Waals surface area (Å²) in [6, 6.07) is 0. The lowest BCUT2D eigenvalue weighted by atomic mass is 10.2. The summed E-state index contributed by atoms with van der Waals surface area (Å²) < 4.78 is 15.7. The fourth-order valence-corrected chi connectivity index (χ4v) is 1.26. The molecule has 0 bridgehead atoms. The maximum absolute atomic E-state index is 10.7. The van der Waals surface area contributed by atoms with Crippen LogP contribution in [0.4, 0.5) is 0 Å². The monoisotopic (exact) mass is 218 g/mol. The van der Waals surface area contributed by atoms with Gasteiger partial charge in [-0.05, 0) is 12.8 Å². The zero-order valence-electron chi connectivity index (χ0n) is 10.1. The Morgan fingerprint density at radius 3 is 2.40 bits per heavy atom. The molecule has 4 nitrogen and oxygen atoms in total. The topological polar surface area (TPSA) is 44.8 Å². The van der Waals surface area contributed by atoms with Gasteiger partial charge in [0.1, 0.15) is 6.61 Å². The Kier molecular flexibility index (Phi) is 8.33. The highest BCUT2D eigenvalue weighted by Crippen LogP contribution is 2.09. The smallest absolute Gasteiger partial charge is 0.302 e. The molecule has 4 heteroatoms. The van der Waals surface area contributed by atoms with Gasteiger partial charge in [0, 0.05) is 14.0 Å². The van der Waals surface area contributed by atoms with Gasteiger partial charge in [-0.15, -0.1) is 0 Å². The summed E-state index contributed by atoms with van der Waals surface area (Å²) in [5.74, 6) is -0.273. The summed E-state index contributed by atoms with van der Waals surface area (Å²) in [5, 5.41) is 0. The van der Waals surface area contributed by atoms with E-state index in [1.165, 1.54) is 6.92 Å². The van der Waals surface area contributed by atoms with Crippen LogP contribution in [0.15, 0.2) is 0 Å². The largest absolute Gasteiger partial charge is 0.463 e. The van der Waals surface area contributed by atoms with Gasteiger partial charge in [0.15, 0.2) is 6.29 Å². The number of carbonyl (C=O) groups excluding carboxylic acids is 1. The average molecular weight is 218 g/mol. The van der Waals surface area contributed by atoms with Crippen molar-refractivity contribution in [3.63, 3.8) is 0 Å². The highest BCUT2D eigenvalue weighted by molar-refractivity contribution is 5.65. The van der Waals surface area contributed by atoms with Crippen LogP contribution in [0.1, 0.15) is 40.0 Å². The Morgan fingerprint density at radius 1 is 1.33 bits per heavy atom. The first-order valence-electron chi connectivity index (χ1n) is 5.45. The second-order valence-electron chi connectivity index (χ2n) is 3.42. The first-order valence-corrected chi connectivity index (χ1v) is 5.45. The van der Waals surface area contributed by atoms with Gasteiger partial charge in [-0.25, -0.2) is 0 Å². The van der Waals surface area contributed by atoms with Gasteiger partial charge in [0.25, 0.3) is 0 Å². The van der Waals surface area contributed by atoms with E-state index in [9.17, 15) is 4.79 Å². The molecule has 0 amide bonds. The van der Waals surface area contributed by atoms with Crippen molar-refractivity contribution in [2.75, 3.05) is 13.7 Å². The van der Waals surface area contributed by atoms with Crippen LogP contribution in [0.5, 0.6) is 0 Å². The van der Waals surface area contributed by atoms with E-state index in [1.807, 2.05) is 6.92 Å². The van der Waals surface area contributed by atoms with Crippen LogP contribution < -0.4 is 0 Å². The van der Waals surface area contributed by atoms with Crippen molar-refractivity contribution in [2.45, 2.75) is 52.4 Å². The Bertz CT molecular complexity index is 166. The molecule has 90 valence electrons. The molecule has 0 fully saturated rings. The molecule has 0 saturated heterocycles. The Morgan fingerprint density at radius 2 is 2.00 bits per heavy atom. The predicted molar refractivity (Wildman–Crippen MR) is 57.5 cm³/mol. The number of methoxy groups -OCH3 is 1. The highest BCUT2D eigenvalue weighted by Gasteiger charge is 2.15. The molecule has 0 spiro atoms. The molecule has 0 aromatic heterocycles. The van der Waals surface area contributed by atoms with Crippen molar-refractivity contribution in [1.29, 1.82) is 0 Å². The van der Waals surface area contributed by atoms with Crippen LogP contribution in [0, 0.1) is 0 Å². The predicted octanol–water partition coefficient (Wildman–Crippen LogP) is 2.12. The highest BCUT2D eigenvalue weighted by atomic mass is 16.7. The van der Waals surface area contributed by atoms with Gasteiger partial charge in [-0.3, -0.25) is 4.79 Å². The van der Waals surface area contributed by atoms with Gasteiger partial charge in [0.05, 0.1) is 6.10 Å². The Hall–Kier alpha value is -0.610. The first kappa shape index (κ1) is 14.4. The zero-order valence-corrected chi connectivity index (χ0v) is 10.1. The van der Waals surface area contributed by atoms with E-state index in [1.54, 1.807) is 7.11 Å². The summed E-state index contributed by atoms with van der Waals surface area (Å²) in [5.41, 5.74) is 0. The number of carbonyl (C=O) groups is 1. The molecule has 0 heterocycles. The van der Waals surface area contributed by atoms with Crippen LogP contribution in [0.3, 0.4) is 0 Å². The molecule has 2 unspecified atom stereocenters. The van der Waals surface area contributed by atoms with E-state index in [-0.39, 0.29) is 18.4 Å². The van der Waals surface area contributed by atoms with E-state index in [4.69, 9.17) is 14.2 Å². The van der Waals surface area contributed by atoms with Crippen LogP contribution in [0.2, 0.25) is 0 Å². The minimum Gasteiger partial charge on any atom is -0.463 e. The number of ether oxygens (including phenoxy) is 3. The third-order valence-electron chi connectivity index (χ3n) is 2.02. The molecule has 0 aliphatic rings. The van der Waals surface area contributed by atoms with Crippen molar-refractivity contribution < 1.29 is 19.0 Å². The van der Waals surface area contributed by atoms with Gasteiger partial charge in [-0.2, -0.15) is 0 Å². The number of esters is 1. The van der Waals surface area contributed by atoms with Crippen molar-refractivity contribution >= 4 is 5.97 Å². The lowest BCUT2D eigenvalue weighted by molar-refractivity contribution is -0.177. The lowest BCUT2D eigenvalue weighted by Crippen LogP contribution is -2.28. The molecule has 0 aliphatic heterocycles. The van der Waals surface area contributed by atoms with Crippen molar-refractivity contribution in [3.8, 4) is 0 Å². The van der Waals surface area contributed by atoms with E-state index in [0.29, 0.717) is 6.61 Å². The summed E-state index contributed by atoms with van der Waals surface area (Å²) in [4.78, 5) is 10.7. The fourth-order valence-electron chi connectivity index (χ4n) is 1.26. The van der Waals surface area contributed by atoms with E-state index in [0.717, 1.165) is 19.3 Å². The van der Waals surface area contributed by atoms with Crippen molar-refractivity contribution in [3.05, 3.63) is 0 Å². The average Bonchev–Trinajstić information content (AvgIpc) is 2.22. The third-order valence-corrected chi connectivity index (χ3v) is 2.02. The van der Waals surface area contributed by atoms with Gasteiger partial charge in [0.2, 0.25) is 0 Å². The summed E-state index contributed by atoms with van der Waals surface area (Å²) >= 11 is 0. The first-order chi connectivity index (χ1) is 7.13. The van der Waals surface area contributed by atoms with Gasteiger partial charge >= 0.3 is 5.97 Å². The maximum atomic E-state index is 10.7. The fraction of sp³-hybridized carbons (Fsp3) is 0.909. The number of rotatable bonds is 8. The Labute approximate surface area is 91.9 Å². The molecule has 2 atom stereocenters. The minimum atomic E-state index is -0.273. The van der Waals surface area contributed by atoms with Crippen LogP contribution in [-0.2, 0) is 19.0 Å². The number of hydrogen-bond donors (Lipinski definition) is 0. The van der Waals surface area contributed by atoms with E-state index < -0.39 is 0 Å². The molecule has 15 heavy (non-hydrogen) atoms. The quantitative estimate of drug-likeness (QED) is 0.462. The molecular weight excluding hydrogens is 196 g/mol. The Balaban J connectivity index is 3.95. The van der Waals surface area contributed by atoms with Crippen LogP contribution in [-0.4, -0.2) is 32.1 Å². The van der Waals surface area contributed by atoms with Crippen LogP contribution in [0.25, 0.3) is 0 Å². The standard InChI is InChI=1S/C11H22O4/c1-5-7-10(8-14-9(3)12)15-11(6-2)13-4/h10-11H,5-8H2,1-4H3. The molecule has 0 aromatic rings. The molecular formula is C11H22O4. The molecule has 0 radical (unpaired) electrons. The summed E-state index contributed by atoms with van der Waals surface area (Å²) in [6.07, 6.45) is 2.37. The normalized spacial score (nSPS) is 14.7. The maximum Gasteiger partial charge on any atom is 0.302 e. The molecule has 0 saturated carbocycles. The molecule has 0 N–H and O–H groups in total. The third kappa shape index (κ3) is 7.33. The molecule has 0 rings (SSSR count). The summed E-state index contributed by atoms with van der Waals surface area (Å²) in [6.45, 7) is 5.76. The molecule has 0 aromatic carbocycles. The lowest BCUT2D eigenvalue weighted by Gasteiger charge is -2.22. The zero-order chi connectivity index (χ0) is 11.7.